The van der Waals surface area contributed by atoms with Crippen molar-refractivity contribution >= 4 is 45.7 Å². The first-order valence-electron chi connectivity index (χ1n) is 12.2. The second-order valence-corrected chi connectivity index (χ2v) is 9.44. The van der Waals surface area contributed by atoms with E-state index in [9.17, 15) is 4.79 Å². The number of rotatable bonds is 8. The van der Waals surface area contributed by atoms with Crippen molar-refractivity contribution in [1.82, 2.24) is 4.57 Å². The maximum absolute atomic E-state index is 13.0. The van der Waals surface area contributed by atoms with Gasteiger partial charge in [0.15, 0.2) is 11.5 Å². The molecule has 39 heavy (non-hydrogen) atoms. The summed E-state index contributed by atoms with van der Waals surface area (Å²) in [7, 11) is 7.96. The Hall–Kier alpha value is -4.30. The van der Waals surface area contributed by atoms with Crippen molar-refractivity contribution in [2.45, 2.75) is 13.5 Å². The van der Waals surface area contributed by atoms with Crippen LogP contribution in [-0.4, -0.2) is 46.0 Å². The minimum Gasteiger partial charge on any atom is -0.497 e. The van der Waals surface area contributed by atoms with Crippen LogP contribution >= 0.6 is 11.6 Å². The lowest BCUT2D eigenvalue weighted by Gasteiger charge is -2.15. The summed E-state index contributed by atoms with van der Waals surface area (Å²) in [6.45, 7) is 2.39. The summed E-state index contributed by atoms with van der Waals surface area (Å²) in [6.07, 6.45) is 1.83. The minimum atomic E-state index is -0.209. The molecule has 0 spiro atoms. The predicted molar refractivity (Wildman–Crippen MR) is 153 cm³/mol. The first-order valence-corrected chi connectivity index (χ1v) is 12.6. The lowest BCUT2D eigenvalue weighted by molar-refractivity contribution is -0.110. The van der Waals surface area contributed by atoms with Crippen LogP contribution in [0, 0.1) is 6.92 Å². The first-order chi connectivity index (χ1) is 18.8. The maximum atomic E-state index is 13.0. The zero-order valence-corrected chi connectivity index (χ0v) is 23.4. The monoisotopic (exact) mass is 548 g/mol. The fourth-order valence-corrected chi connectivity index (χ4v) is 5.28. The Bertz CT molecular complexity index is 1610. The van der Waals surface area contributed by atoms with Gasteiger partial charge in [-0.25, -0.2) is 0 Å². The number of aromatic nitrogens is 1. The van der Waals surface area contributed by atoms with E-state index < -0.39 is 0 Å². The smallest absolute Gasteiger partial charge is 0.256 e. The number of fused-ring (bicyclic) bond motifs is 2. The molecule has 1 aliphatic rings. The fraction of sp³-hybridized carbons (Fsp3) is 0.233. The Balaban J connectivity index is 1.71. The molecule has 0 radical (unpaired) electrons. The SMILES string of the molecule is COc1ccc2c(c1)/C(=C\c1c(Cl)n(Cc3cc(OC)c(OC)c(OC)c3)c3cc(C)c(OC)cc13)C(=O)N2. The van der Waals surface area contributed by atoms with E-state index in [1.807, 2.05) is 60.0 Å². The van der Waals surface area contributed by atoms with Gasteiger partial charge in [0.1, 0.15) is 16.7 Å². The number of amides is 1. The van der Waals surface area contributed by atoms with Crippen LogP contribution in [0.25, 0.3) is 22.6 Å². The number of ether oxygens (including phenoxy) is 5. The van der Waals surface area contributed by atoms with Crippen LogP contribution in [0.5, 0.6) is 28.7 Å². The minimum absolute atomic E-state index is 0.209. The third kappa shape index (κ3) is 4.51. The second-order valence-electron chi connectivity index (χ2n) is 9.09. The largest absolute Gasteiger partial charge is 0.497 e. The first kappa shape index (κ1) is 26.3. The number of carbonyl (C=O) groups is 1. The van der Waals surface area contributed by atoms with Gasteiger partial charge in [0.2, 0.25) is 5.75 Å². The third-order valence-corrected chi connectivity index (χ3v) is 7.32. The molecule has 0 fully saturated rings. The van der Waals surface area contributed by atoms with Crippen LogP contribution in [0.3, 0.4) is 0 Å². The van der Waals surface area contributed by atoms with Gasteiger partial charge in [0.05, 0.1) is 41.1 Å². The normalized spacial score (nSPS) is 13.4. The van der Waals surface area contributed by atoms with Crippen molar-refractivity contribution in [1.29, 1.82) is 0 Å². The molecule has 8 nitrogen and oxygen atoms in total. The highest BCUT2D eigenvalue weighted by Gasteiger charge is 2.27. The number of benzene rings is 3. The van der Waals surface area contributed by atoms with Crippen LogP contribution in [0.4, 0.5) is 5.69 Å². The molecule has 2 heterocycles. The zero-order valence-electron chi connectivity index (χ0n) is 22.6. The Kier molecular flexibility index (Phi) is 7.06. The van der Waals surface area contributed by atoms with Crippen molar-refractivity contribution in [2.75, 3.05) is 40.9 Å². The van der Waals surface area contributed by atoms with Gasteiger partial charge < -0.3 is 33.6 Å². The van der Waals surface area contributed by atoms with Crippen molar-refractivity contribution in [3.63, 3.8) is 0 Å². The number of methoxy groups -OCH3 is 5. The zero-order chi connectivity index (χ0) is 27.8. The molecule has 0 atom stereocenters. The molecule has 4 aromatic rings. The molecule has 1 amide bonds. The van der Waals surface area contributed by atoms with E-state index in [-0.39, 0.29) is 5.91 Å². The third-order valence-electron chi connectivity index (χ3n) is 6.92. The summed E-state index contributed by atoms with van der Waals surface area (Å²) in [4.78, 5) is 13.0. The van der Waals surface area contributed by atoms with Gasteiger partial charge in [-0.05, 0) is 66.6 Å². The quantitative estimate of drug-likeness (QED) is 0.265. The predicted octanol–water partition coefficient (Wildman–Crippen LogP) is 6.19. The molecular weight excluding hydrogens is 520 g/mol. The van der Waals surface area contributed by atoms with E-state index in [1.165, 1.54) is 0 Å². The average molecular weight is 549 g/mol. The van der Waals surface area contributed by atoms with Gasteiger partial charge in [-0.15, -0.1) is 0 Å². The van der Waals surface area contributed by atoms with Crippen LogP contribution in [0.2, 0.25) is 5.15 Å². The summed E-state index contributed by atoms with van der Waals surface area (Å²) in [5.74, 6) is 2.78. The van der Waals surface area contributed by atoms with Gasteiger partial charge in [0, 0.05) is 34.3 Å². The number of carbonyl (C=O) groups excluding carboxylic acids is 1. The van der Waals surface area contributed by atoms with E-state index in [0.29, 0.717) is 45.8 Å². The molecule has 5 rings (SSSR count). The van der Waals surface area contributed by atoms with Gasteiger partial charge in [-0.1, -0.05) is 11.6 Å². The van der Waals surface area contributed by atoms with Crippen molar-refractivity contribution in [2.24, 2.45) is 0 Å². The van der Waals surface area contributed by atoms with Crippen molar-refractivity contribution < 1.29 is 28.5 Å². The second kappa shape index (κ2) is 10.5. The summed E-state index contributed by atoms with van der Waals surface area (Å²) in [6, 6.07) is 13.3. The molecule has 0 saturated heterocycles. The Morgan fingerprint density at radius 2 is 1.56 bits per heavy atom. The highest BCUT2D eigenvalue weighted by Crippen LogP contribution is 2.42. The van der Waals surface area contributed by atoms with E-state index in [0.717, 1.165) is 39.0 Å². The van der Waals surface area contributed by atoms with E-state index in [4.69, 9.17) is 35.3 Å². The lowest BCUT2D eigenvalue weighted by Crippen LogP contribution is -2.04. The lowest BCUT2D eigenvalue weighted by atomic mass is 10.0. The van der Waals surface area contributed by atoms with Crippen LogP contribution in [0.1, 0.15) is 22.3 Å². The molecular formula is C30H29ClN2O6. The number of nitrogens with one attached hydrogen (secondary N) is 1. The Morgan fingerprint density at radius 3 is 2.18 bits per heavy atom. The van der Waals surface area contributed by atoms with E-state index in [1.54, 1.807) is 35.5 Å². The highest BCUT2D eigenvalue weighted by atomic mass is 35.5. The molecule has 0 saturated carbocycles. The molecule has 0 aliphatic carbocycles. The number of halogens is 1. The number of hydrogen-bond acceptors (Lipinski definition) is 6. The molecule has 1 N–H and O–H groups in total. The van der Waals surface area contributed by atoms with Gasteiger partial charge in [-0.2, -0.15) is 0 Å². The van der Waals surface area contributed by atoms with Crippen LogP contribution in [0.15, 0.2) is 42.5 Å². The van der Waals surface area contributed by atoms with E-state index in [2.05, 4.69) is 5.32 Å². The summed E-state index contributed by atoms with van der Waals surface area (Å²) in [5, 5.41) is 4.25. The molecule has 1 aliphatic heterocycles. The summed E-state index contributed by atoms with van der Waals surface area (Å²) >= 11 is 7.10. The van der Waals surface area contributed by atoms with Gasteiger partial charge in [0.25, 0.3) is 5.91 Å². The number of hydrogen-bond donors (Lipinski definition) is 1. The standard InChI is InChI=1S/C30H29ClN2O6/c1-16-9-24-20(14-25(16)36-3)21(13-22-19-12-18(35-2)7-8-23(19)32-30(22)34)29(31)33(24)15-17-10-26(37-4)28(39-6)27(11-17)38-5/h7-14H,15H2,1-6H3,(H,32,34)/b22-13+. The van der Waals surface area contributed by atoms with E-state index >= 15 is 0 Å². The number of anilines is 1. The summed E-state index contributed by atoms with van der Waals surface area (Å²) < 4.78 is 29.6. The molecule has 9 heteroatoms. The van der Waals surface area contributed by atoms with Gasteiger partial charge in [-0.3, -0.25) is 4.79 Å². The van der Waals surface area contributed by atoms with Crippen LogP contribution in [-0.2, 0) is 11.3 Å². The molecule has 3 aromatic carbocycles. The molecule has 202 valence electrons. The summed E-state index contributed by atoms with van der Waals surface area (Å²) in [5.41, 5.74) is 5.42. The Morgan fingerprint density at radius 1 is 0.872 bits per heavy atom. The average Bonchev–Trinajstić information content (AvgIpc) is 3.39. The van der Waals surface area contributed by atoms with Gasteiger partial charge >= 0.3 is 0 Å². The Labute approximate surface area is 231 Å². The number of nitrogens with zero attached hydrogens (tertiary/aromatic N) is 1. The highest BCUT2D eigenvalue weighted by molar-refractivity contribution is 6.38. The topological polar surface area (TPSA) is 80.2 Å². The number of aryl methyl sites for hydroxylation is 1. The molecule has 0 unspecified atom stereocenters. The maximum Gasteiger partial charge on any atom is 0.256 e. The molecule has 0 bridgehead atoms. The van der Waals surface area contributed by atoms with Crippen molar-refractivity contribution in [3.05, 3.63) is 69.9 Å². The molecule has 1 aromatic heterocycles. The van der Waals surface area contributed by atoms with Crippen LogP contribution < -0.4 is 29.0 Å². The fourth-order valence-electron chi connectivity index (χ4n) is 4.98. The van der Waals surface area contributed by atoms with Crippen molar-refractivity contribution in [3.8, 4) is 28.7 Å².